The van der Waals surface area contributed by atoms with Crippen LogP contribution >= 0.6 is 0 Å². The van der Waals surface area contributed by atoms with Gasteiger partial charge in [-0.15, -0.1) is 0 Å². The second-order valence-corrected chi connectivity index (χ2v) is 9.79. The fraction of sp³-hybridized carbons (Fsp3) is 0.500. The number of nitrogens with zero attached hydrogens (tertiary/aromatic N) is 1. The Labute approximate surface area is 209 Å². The Kier molecular flexibility index (Phi) is 9.24. The Hall–Kier alpha value is -2.79. The molecule has 5 heteroatoms. The van der Waals surface area contributed by atoms with E-state index in [4.69, 9.17) is 9.47 Å². The summed E-state index contributed by atoms with van der Waals surface area (Å²) >= 11 is 0. The van der Waals surface area contributed by atoms with E-state index in [0.29, 0.717) is 31.1 Å². The van der Waals surface area contributed by atoms with Crippen LogP contribution in [0.1, 0.15) is 63.9 Å². The number of rotatable bonds is 11. The summed E-state index contributed by atoms with van der Waals surface area (Å²) in [6, 6.07) is 14.6. The van der Waals surface area contributed by atoms with Crippen LogP contribution in [-0.2, 0) is 9.53 Å². The first-order valence-electron chi connectivity index (χ1n) is 13.3. The van der Waals surface area contributed by atoms with E-state index in [0.717, 1.165) is 60.7 Å². The summed E-state index contributed by atoms with van der Waals surface area (Å²) in [4.78, 5) is 14.3. The Morgan fingerprint density at radius 3 is 2.51 bits per heavy atom. The first kappa shape index (κ1) is 25.3. The summed E-state index contributed by atoms with van der Waals surface area (Å²) in [7, 11) is 0. The van der Waals surface area contributed by atoms with Gasteiger partial charge in [-0.05, 0) is 78.6 Å². The molecule has 1 N–H and O–H groups in total. The number of ether oxygens (including phenoxy) is 2. The van der Waals surface area contributed by atoms with E-state index >= 15 is 0 Å². The second-order valence-electron chi connectivity index (χ2n) is 9.79. The molecule has 0 amide bonds. The van der Waals surface area contributed by atoms with Crippen LogP contribution in [0.25, 0.3) is 17.2 Å². The molecule has 2 aliphatic rings. The van der Waals surface area contributed by atoms with Crippen LogP contribution in [-0.4, -0.2) is 44.0 Å². The second kappa shape index (κ2) is 12.8. The van der Waals surface area contributed by atoms with Crippen LogP contribution in [0.2, 0.25) is 0 Å². The molecular formula is C30H39NO4. The van der Waals surface area contributed by atoms with Gasteiger partial charge in [0.05, 0.1) is 6.61 Å². The lowest BCUT2D eigenvalue weighted by Crippen LogP contribution is -2.31. The fourth-order valence-corrected chi connectivity index (χ4v) is 5.12. The molecule has 5 nitrogen and oxygen atoms in total. The van der Waals surface area contributed by atoms with Gasteiger partial charge in [0, 0.05) is 31.0 Å². The summed E-state index contributed by atoms with van der Waals surface area (Å²) in [6.45, 7) is 5.85. The molecule has 35 heavy (non-hydrogen) atoms. The third-order valence-electron chi connectivity index (χ3n) is 7.15. The summed E-state index contributed by atoms with van der Waals surface area (Å²) < 4.78 is 11.4. The predicted octanol–water partition coefficient (Wildman–Crippen LogP) is 6.81. The molecular weight excluding hydrogens is 438 g/mol. The zero-order valence-corrected chi connectivity index (χ0v) is 21.0. The zero-order valence-electron chi connectivity index (χ0n) is 21.0. The lowest BCUT2D eigenvalue weighted by atomic mass is 9.88. The van der Waals surface area contributed by atoms with Crippen LogP contribution in [0, 0.1) is 5.92 Å². The molecule has 188 valence electrons. The van der Waals surface area contributed by atoms with Gasteiger partial charge in [0.15, 0.2) is 0 Å². The van der Waals surface area contributed by atoms with Crippen molar-refractivity contribution in [2.45, 2.75) is 58.3 Å². The summed E-state index contributed by atoms with van der Waals surface area (Å²) in [5.41, 5.74) is 4.81. The van der Waals surface area contributed by atoms with Gasteiger partial charge in [0.25, 0.3) is 0 Å². The molecule has 1 aliphatic carbocycles. The third kappa shape index (κ3) is 7.11. The van der Waals surface area contributed by atoms with Crippen molar-refractivity contribution in [3.63, 3.8) is 0 Å². The summed E-state index contributed by atoms with van der Waals surface area (Å²) in [5.74, 6) is 0.711. The molecule has 0 aromatic heterocycles. The number of carboxylic acid groups (broad SMARTS) is 1. The number of carboxylic acids is 1. The lowest BCUT2D eigenvalue weighted by molar-refractivity contribution is -0.132. The van der Waals surface area contributed by atoms with Crippen LogP contribution in [0.4, 0.5) is 5.69 Å². The summed E-state index contributed by atoms with van der Waals surface area (Å²) in [5, 5.41) is 9.73. The first-order chi connectivity index (χ1) is 17.1. The van der Waals surface area contributed by atoms with Gasteiger partial charge in [0.2, 0.25) is 0 Å². The smallest absolute Gasteiger partial charge is 0.331 e. The number of carbonyl (C=O) groups is 1. The number of benzene rings is 2. The van der Waals surface area contributed by atoms with Crippen molar-refractivity contribution in [1.82, 2.24) is 0 Å². The molecule has 0 saturated heterocycles. The normalized spacial score (nSPS) is 16.4. The Morgan fingerprint density at radius 1 is 1.00 bits per heavy atom. The molecule has 2 aromatic rings. The molecule has 1 fully saturated rings. The predicted molar refractivity (Wildman–Crippen MR) is 142 cm³/mol. The van der Waals surface area contributed by atoms with Crippen LogP contribution in [0.15, 0.2) is 48.0 Å². The Balaban J connectivity index is 1.47. The van der Waals surface area contributed by atoms with Gasteiger partial charge in [-0.25, -0.2) is 4.79 Å². The number of unbranched alkanes of at least 4 members (excludes halogenated alkanes) is 1. The maximum Gasteiger partial charge on any atom is 0.331 e. The molecule has 0 radical (unpaired) electrons. The molecule has 1 saturated carbocycles. The van der Waals surface area contributed by atoms with Gasteiger partial charge in [-0.1, -0.05) is 50.8 Å². The highest BCUT2D eigenvalue weighted by Crippen LogP contribution is 2.35. The van der Waals surface area contributed by atoms with Crippen molar-refractivity contribution in [1.29, 1.82) is 0 Å². The van der Waals surface area contributed by atoms with Crippen LogP contribution < -0.4 is 9.64 Å². The minimum atomic E-state index is -0.818. The average Bonchev–Trinajstić information content (AvgIpc) is 3.06. The zero-order chi connectivity index (χ0) is 24.5. The molecule has 2 aromatic carbocycles. The van der Waals surface area contributed by atoms with Crippen molar-refractivity contribution in [2.24, 2.45) is 5.92 Å². The first-order valence-corrected chi connectivity index (χ1v) is 13.3. The maximum atomic E-state index is 11.9. The van der Waals surface area contributed by atoms with E-state index in [2.05, 4.69) is 42.2 Å². The largest absolute Gasteiger partial charge is 0.491 e. The van der Waals surface area contributed by atoms with E-state index in [-0.39, 0.29) is 0 Å². The van der Waals surface area contributed by atoms with Crippen molar-refractivity contribution in [2.75, 3.05) is 37.8 Å². The van der Waals surface area contributed by atoms with Crippen LogP contribution in [0.3, 0.4) is 0 Å². The quantitative estimate of drug-likeness (QED) is 0.360. The average molecular weight is 478 g/mol. The molecule has 1 heterocycles. The lowest BCUT2D eigenvalue weighted by Gasteiger charge is -2.31. The van der Waals surface area contributed by atoms with Gasteiger partial charge in [-0.2, -0.15) is 0 Å². The maximum absolute atomic E-state index is 11.9. The summed E-state index contributed by atoms with van der Waals surface area (Å²) in [6.07, 6.45) is 11.2. The standard InChI is InChI=1S/C30H39NO4/c1-2-3-17-34-18-19-35-28-12-9-24(10-13-28)25-11-14-29-27(20-25)21-26(30(32)33)15-16-31(29)22-23-7-5-4-6-8-23/h9-14,20-21,23H,2-8,15-19,22H2,1H3,(H,32,33). The molecule has 0 atom stereocenters. The highest BCUT2D eigenvalue weighted by atomic mass is 16.5. The fourth-order valence-electron chi connectivity index (χ4n) is 5.12. The van der Waals surface area contributed by atoms with Crippen LogP contribution in [0.5, 0.6) is 5.75 Å². The van der Waals surface area contributed by atoms with E-state index in [9.17, 15) is 9.90 Å². The minimum absolute atomic E-state index is 0.486. The van der Waals surface area contributed by atoms with Crippen molar-refractivity contribution >= 4 is 17.7 Å². The molecule has 0 spiro atoms. The Bertz CT molecular complexity index is 992. The van der Waals surface area contributed by atoms with Gasteiger partial charge < -0.3 is 19.5 Å². The van der Waals surface area contributed by atoms with Crippen molar-refractivity contribution < 1.29 is 19.4 Å². The molecule has 0 unspecified atom stereocenters. The van der Waals surface area contributed by atoms with E-state index in [1.807, 2.05) is 18.2 Å². The van der Waals surface area contributed by atoms with E-state index in [1.165, 1.54) is 32.1 Å². The Morgan fingerprint density at radius 2 is 1.77 bits per heavy atom. The van der Waals surface area contributed by atoms with Gasteiger partial charge >= 0.3 is 5.97 Å². The monoisotopic (exact) mass is 477 g/mol. The molecule has 1 aliphatic heterocycles. The number of aliphatic carboxylic acids is 1. The number of hydrogen-bond acceptors (Lipinski definition) is 4. The molecule has 4 rings (SSSR count). The number of anilines is 1. The number of fused-ring (bicyclic) bond motifs is 1. The van der Waals surface area contributed by atoms with E-state index in [1.54, 1.807) is 0 Å². The SMILES string of the molecule is CCCCOCCOc1ccc(-c2ccc3c(c2)C=C(C(=O)O)CCN3CC2CCCCC2)cc1. The van der Waals surface area contributed by atoms with Gasteiger partial charge in [0.1, 0.15) is 12.4 Å². The van der Waals surface area contributed by atoms with Crippen molar-refractivity contribution in [3.8, 4) is 16.9 Å². The highest BCUT2D eigenvalue weighted by molar-refractivity contribution is 5.94. The highest BCUT2D eigenvalue weighted by Gasteiger charge is 2.23. The van der Waals surface area contributed by atoms with Crippen molar-refractivity contribution in [3.05, 3.63) is 53.6 Å². The third-order valence-corrected chi connectivity index (χ3v) is 7.15. The number of hydrogen-bond donors (Lipinski definition) is 1. The minimum Gasteiger partial charge on any atom is -0.491 e. The van der Waals surface area contributed by atoms with E-state index < -0.39 is 5.97 Å². The van der Waals surface area contributed by atoms with Gasteiger partial charge in [-0.3, -0.25) is 0 Å². The topological polar surface area (TPSA) is 59.0 Å². The molecule has 0 bridgehead atoms.